The van der Waals surface area contributed by atoms with Crippen molar-refractivity contribution in [3.05, 3.63) is 40.5 Å². The van der Waals surface area contributed by atoms with Gasteiger partial charge in [-0.15, -0.1) is 0 Å². The van der Waals surface area contributed by atoms with E-state index < -0.39 is 0 Å². The minimum atomic E-state index is -0.212. The van der Waals surface area contributed by atoms with E-state index in [-0.39, 0.29) is 5.63 Å². The molecule has 1 aliphatic rings. The summed E-state index contributed by atoms with van der Waals surface area (Å²) in [6.45, 7) is 0. The smallest absolute Gasteiger partial charge is 0.343 e. The van der Waals surface area contributed by atoms with Crippen LogP contribution in [-0.4, -0.2) is 0 Å². The van der Waals surface area contributed by atoms with Crippen LogP contribution >= 0.6 is 0 Å². The van der Waals surface area contributed by atoms with Gasteiger partial charge in [-0.25, -0.2) is 4.79 Å². The molecule has 13 heavy (non-hydrogen) atoms. The molecule has 1 aromatic heterocycles. The molecule has 0 amide bonds. The molecule has 0 bridgehead atoms. The first-order chi connectivity index (χ1) is 6.38. The van der Waals surface area contributed by atoms with Crippen molar-refractivity contribution in [1.29, 1.82) is 0 Å². The topological polar surface area (TPSA) is 30.2 Å². The molecule has 0 saturated heterocycles. The van der Waals surface area contributed by atoms with E-state index in [4.69, 9.17) is 4.42 Å². The van der Waals surface area contributed by atoms with Crippen molar-refractivity contribution in [1.82, 2.24) is 0 Å². The Hall–Kier alpha value is -1.31. The van der Waals surface area contributed by atoms with Gasteiger partial charge in [-0.1, -0.05) is 6.08 Å². The van der Waals surface area contributed by atoms with Crippen molar-refractivity contribution in [2.24, 2.45) is 0 Å². The summed E-state index contributed by atoms with van der Waals surface area (Å²) in [6, 6.07) is 3.61. The van der Waals surface area contributed by atoms with Gasteiger partial charge in [0, 0.05) is 0 Å². The Morgan fingerprint density at radius 1 is 1.31 bits per heavy atom. The molecule has 0 saturated carbocycles. The van der Waals surface area contributed by atoms with Crippen LogP contribution in [0.1, 0.15) is 31.2 Å². The fourth-order valence-corrected chi connectivity index (χ4v) is 1.69. The second kappa shape index (κ2) is 3.60. The molecule has 0 atom stereocenters. The SMILES string of the molecule is O=c1occcc1C1=CCCCC1. The molecule has 68 valence electrons. The quantitative estimate of drug-likeness (QED) is 0.658. The molecule has 1 aliphatic carbocycles. The van der Waals surface area contributed by atoms with E-state index in [0.29, 0.717) is 0 Å². The lowest BCUT2D eigenvalue weighted by Crippen LogP contribution is -2.06. The largest absolute Gasteiger partial charge is 0.431 e. The third-order valence-electron chi connectivity index (χ3n) is 2.37. The van der Waals surface area contributed by atoms with E-state index in [1.165, 1.54) is 19.1 Å². The van der Waals surface area contributed by atoms with Crippen molar-refractivity contribution in [2.45, 2.75) is 25.7 Å². The zero-order valence-corrected chi connectivity index (χ0v) is 7.45. The Balaban J connectivity index is 2.40. The lowest BCUT2D eigenvalue weighted by molar-refractivity contribution is 0.507. The van der Waals surface area contributed by atoms with Crippen LogP contribution in [-0.2, 0) is 0 Å². The van der Waals surface area contributed by atoms with Gasteiger partial charge in [-0.2, -0.15) is 0 Å². The van der Waals surface area contributed by atoms with Gasteiger partial charge in [0.2, 0.25) is 0 Å². The predicted octanol–water partition coefficient (Wildman–Crippen LogP) is 2.60. The highest BCUT2D eigenvalue weighted by Gasteiger charge is 2.09. The maximum absolute atomic E-state index is 11.3. The molecule has 0 spiro atoms. The first kappa shape index (κ1) is 8.30. The highest BCUT2D eigenvalue weighted by Crippen LogP contribution is 2.24. The zero-order valence-electron chi connectivity index (χ0n) is 7.45. The van der Waals surface area contributed by atoms with Crippen molar-refractivity contribution in [3.8, 4) is 0 Å². The first-order valence-corrected chi connectivity index (χ1v) is 4.65. The fraction of sp³-hybridized carbons (Fsp3) is 0.364. The summed E-state index contributed by atoms with van der Waals surface area (Å²) in [6.07, 6.45) is 8.09. The van der Waals surface area contributed by atoms with E-state index >= 15 is 0 Å². The molecular formula is C11H12O2. The number of hydrogen-bond donors (Lipinski definition) is 0. The van der Waals surface area contributed by atoms with Gasteiger partial charge in [0.1, 0.15) is 0 Å². The van der Waals surface area contributed by atoms with Gasteiger partial charge < -0.3 is 4.42 Å². The normalized spacial score (nSPS) is 16.8. The Kier molecular flexibility index (Phi) is 2.30. The summed E-state index contributed by atoms with van der Waals surface area (Å²) in [7, 11) is 0. The average Bonchev–Trinajstić information content (AvgIpc) is 2.20. The highest BCUT2D eigenvalue weighted by molar-refractivity contribution is 5.64. The monoisotopic (exact) mass is 176 g/mol. The van der Waals surface area contributed by atoms with Crippen LogP contribution in [0.15, 0.2) is 33.7 Å². The zero-order chi connectivity index (χ0) is 9.10. The summed E-state index contributed by atoms with van der Waals surface area (Å²) in [5.74, 6) is 0. The molecule has 0 aromatic carbocycles. The molecule has 1 heterocycles. The maximum Gasteiger partial charge on any atom is 0.343 e. The Morgan fingerprint density at radius 2 is 2.23 bits per heavy atom. The van der Waals surface area contributed by atoms with Crippen LogP contribution in [0.4, 0.5) is 0 Å². The highest BCUT2D eigenvalue weighted by atomic mass is 16.4. The van der Waals surface area contributed by atoms with Gasteiger partial charge in [-0.3, -0.25) is 0 Å². The summed E-state index contributed by atoms with van der Waals surface area (Å²) in [5.41, 5.74) is 1.68. The van der Waals surface area contributed by atoms with Gasteiger partial charge in [0.25, 0.3) is 0 Å². The van der Waals surface area contributed by atoms with Crippen LogP contribution in [0.25, 0.3) is 5.57 Å². The van der Waals surface area contributed by atoms with E-state index in [1.807, 2.05) is 6.07 Å². The van der Waals surface area contributed by atoms with Crippen molar-refractivity contribution in [3.63, 3.8) is 0 Å². The van der Waals surface area contributed by atoms with Crippen LogP contribution in [0.3, 0.4) is 0 Å². The molecule has 0 fully saturated rings. The molecule has 0 aliphatic heterocycles. The summed E-state index contributed by atoms with van der Waals surface area (Å²) < 4.78 is 4.82. The fourth-order valence-electron chi connectivity index (χ4n) is 1.69. The molecule has 2 nitrogen and oxygen atoms in total. The Labute approximate surface area is 76.9 Å². The number of rotatable bonds is 1. The first-order valence-electron chi connectivity index (χ1n) is 4.65. The summed E-state index contributed by atoms with van der Waals surface area (Å²) >= 11 is 0. The van der Waals surface area contributed by atoms with E-state index in [2.05, 4.69) is 6.08 Å². The van der Waals surface area contributed by atoms with E-state index in [1.54, 1.807) is 6.07 Å². The van der Waals surface area contributed by atoms with Crippen LogP contribution in [0.5, 0.6) is 0 Å². The van der Waals surface area contributed by atoms with Crippen LogP contribution in [0.2, 0.25) is 0 Å². The van der Waals surface area contributed by atoms with Gasteiger partial charge >= 0.3 is 5.63 Å². The second-order valence-corrected chi connectivity index (χ2v) is 3.29. The summed E-state index contributed by atoms with van der Waals surface area (Å²) in [4.78, 5) is 11.3. The van der Waals surface area contributed by atoms with Crippen LogP contribution in [0, 0.1) is 0 Å². The van der Waals surface area contributed by atoms with Crippen molar-refractivity contribution >= 4 is 5.57 Å². The van der Waals surface area contributed by atoms with E-state index in [9.17, 15) is 4.79 Å². The molecule has 0 radical (unpaired) electrons. The van der Waals surface area contributed by atoms with Gasteiger partial charge in [0.05, 0.1) is 11.8 Å². The van der Waals surface area contributed by atoms with E-state index in [0.717, 1.165) is 24.0 Å². The second-order valence-electron chi connectivity index (χ2n) is 3.29. The average molecular weight is 176 g/mol. The molecule has 2 rings (SSSR count). The van der Waals surface area contributed by atoms with Crippen LogP contribution < -0.4 is 5.63 Å². The lowest BCUT2D eigenvalue weighted by atomic mass is 9.95. The molecule has 2 heteroatoms. The van der Waals surface area contributed by atoms with Gasteiger partial charge in [-0.05, 0) is 43.4 Å². The third-order valence-corrected chi connectivity index (χ3v) is 2.37. The minimum Gasteiger partial charge on any atom is -0.431 e. The molecule has 1 aromatic rings. The Bertz CT molecular complexity index is 374. The lowest BCUT2D eigenvalue weighted by Gasteiger charge is -2.10. The molecule has 0 unspecified atom stereocenters. The number of hydrogen-bond acceptors (Lipinski definition) is 2. The Morgan fingerprint density at radius 3 is 2.92 bits per heavy atom. The predicted molar refractivity (Wildman–Crippen MR) is 51.4 cm³/mol. The minimum absolute atomic E-state index is 0.212. The molecular weight excluding hydrogens is 164 g/mol. The standard InChI is InChI=1S/C11H12O2/c12-11-10(7-4-8-13-11)9-5-2-1-3-6-9/h4-5,7-8H,1-3,6H2. The maximum atomic E-state index is 11.3. The summed E-state index contributed by atoms with van der Waals surface area (Å²) in [5, 5.41) is 0. The molecule has 0 N–H and O–H groups in total. The van der Waals surface area contributed by atoms with Crippen molar-refractivity contribution < 1.29 is 4.42 Å². The van der Waals surface area contributed by atoms with Crippen molar-refractivity contribution in [2.75, 3.05) is 0 Å². The third kappa shape index (κ3) is 1.72. The van der Waals surface area contributed by atoms with Gasteiger partial charge in [0.15, 0.2) is 0 Å². The number of allylic oxidation sites excluding steroid dienone is 2.